The highest BCUT2D eigenvalue weighted by molar-refractivity contribution is 5.97. The Labute approximate surface area is 197 Å². The lowest BCUT2D eigenvalue weighted by molar-refractivity contribution is -0.139. The van der Waals surface area contributed by atoms with Crippen molar-refractivity contribution in [2.45, 2.75) is 19.0 Å². The molecular formula is C23H19F3N4O5. The molecule has 2 aromatic carbocycles. The summed E-state index contributed by atoms with van der Waals surface area (Å²) in [7, 11) is 2.84. The molecule has 0 saturated heterocycles. The van der Waals surface area contributed by atoms with E-state index < -0.39 is 23.6 Å². The molecule has 35 heavy (non-hydrogen) atoms. The number of benzene rings is 2. The number of aromatic carboxylic acids is 1. The van der Waals surface area contributed by atoms with Crippen molar-refractivity contribution in [3.63, 3.8) is 0 Å². The SMILES string of the molecule is COc1cc(C(=O)O)ccc1Nc1ncc(C(F)(F)F)c(Oc2cccc3c2N(C)C(=O)CC3)n1. The van der Waals surface area contributed by atoms with Crippen LogP contribution in [0.4, 0.5) is 30.5 Å². The highest BCUT2D eigenvalue weighted by atomic mass is 19.4. The number of carbonyl (C=O) groups excluding carboxylic acids is 1. The number of ether oxygens (including phenoxy) is 2. The Balaban J connectivity index is 1.74. The number of aryl methyl sites for hydroxylation is 1. The van der Waals surface area contributed by atoms with E-state index >= 15 is 0 Å². The van der Waals surface area contributed by atoms with E-state index in [1.165, 1.54) is 43.3 Å². The number of carbonyl (C=O) groups is 2. The van der Waals surface area contributed by atoms with Crippen LogP contribution < -0.4 is 19.7 Å². The predicted octanol–water partition coefficient (Wildman–Crippen LogP) is 4.65. The molecule has 0 unspecified atom stereocenters. The molecule has 182 valence electrons. The van der Waals surface area contributed by atoms with Crippen molar-refractivity contribution in [2.24, 2.45) is 0 Å². The summed E-state index contributed by atoms with van der Waals surface area (Å²) in [4.78, 5) is 32.4. The Morgan fingerprint density at radius 3 is 2.63 bits per heavy atom. The summed E-state index contributed by atoms with van der Waals surface area (Å²) < 4.78 is 51.9. The number of para-hydroxylation sites is 1. The molecule has 3 aromatic rings. The molecule has 12 heteroatoms. The van der Waals surface area contributed by atoms with Crippen LogP contribution in [0.25, 0.3) is 0 Å². The molecule has 1 aromatic heterocycles. The fraction of sp³-hybridized carbons (Fsp3) is 0.217. The summed E-state index contributed by atoms with van der Waals surface area (Å²) >= 11 is 0. The number of amides is 1. The molecule has 4 rings (SSSR count). The molecule has 1 aliphatic heterocycles. The quantitative estimate of drug-likeness (QED) is 0.516. The molecule has 0 aliphatic carbocycles. The molecule has 1 aliphatic rings. The van der Waals surface area contributed by atoms with E-state index in [2.05, 4.69) is 15.3 Å². The van der Waals surface area contributed by atoms with Crippen LogP contribution in [0.5, 0.6) is 17.4 Å². The number of anilines is 3. The molecule has 9 nitrogen and oxygen atoms in total. The maximum atomic E-state index is 13.7. The molecule has 1 amide bonds. The van der Waals surface area contributed by atoms with Gasteiger partial charge in [-0.25, -0.2) is 9.78 Å². The highest BCUT2D eigenvalue weighted by Gasteiger charge is 2.37. The van der Waals surface area contributed by atoms with Crippen LogP contribution in [0.1, 0.15) is 27.9 Å². The minimum Gasteiger partial charge on any atom is -0.495 e. The molecular weight excluding hydrogens is 469 g/mol. The molecule has 2 heterocycles. The number of halogens is 3. The summed E-state index contributed by atoms with van der Waals surface area (Å²) in [5, 5.41) is 11.9. The lowest BCUT2D eigenvalue weighted by atomic mass is 10.0. The second-order valence-corrected chi connectivity index (χ2v) is 7.57. The van der Waals surface area contributed by atoms with Crippen LogP contribution in [0, 0.1) is 0 Å². The van der Waals surface area contributed by atoms with E-state index in [0.717, 1.165) is 5.56 Å². The number of rotatable bonds is 6. The Kier molecular flexibility index (Phi) is 6.20. The topological polar surface area (TPSA) is 114 Å². The van der Waals surface area contributed by atoms with Crippen LogP contribution in [-0.2, 0) is 17.4 Å². The Hall–Kier alpha value is -4.35. The van der Waals surface area contributed by atoms with Gasteiger partial charge in [0, 0.05) is 19.7 Å². The van der Waals surface area contributed by atoms with Gasteiger partial charge in [0.15, 0.2) is 5.75 Å². The molecule has 0 radical (unpaired) electrons. The fourth-order valence-corrected chi connectivity index (χ4v) is 3.62. The van der Waals surface area contributed by atoms with E-state index in [1.807, 2.05) is 0 Å². The zero-order valence-electron chi connectivity index (χ0n) is 18.5. The van der Waals surface area contributed by atoms with Gasteiger partial charge in [-0.05, 0) is 36.2 Å². The number of hydrogen-bond donors (Lipinski definition) is 2. The number of carboxylic acid groups (broad SMARTS) is 1. The lowest BCUT2D eigenvalue weighted by Crippen LogP contribution is -2.31. The minimum absolute atomic E-state index is 0.0385. The second kappa shape index (κ2) is 9.12. The van der Waals surface area contributed by atoms with Gasteiger partial charge in [-0.3, -0.25) is 4.79 Å². The first-order valence-electron chi connectivity index (χ1n) is 10.3. The normalized spacial score (nSPS) is 13.3. The fourth-order valence-electron chi connectivity index (χ4n) is 3.62. The van der Waals surface area contributed by atoms with Crippen LogP contribution in [0.3, 0.4) is 0 Å². The van der Waals surface area contributed by atoms with E-state index in [-0.39, 0.29) is 41.0 Å². The third-order valence-electron chi connectivity index (χ3n) is 5.36. The second-order valence-electron chi connectivity index (χ2n) is 7.57. The van der Waals surface area contributed by atoms with Gasteiger partial charge in [-0.15, -0.1) is 0 Å². The average Bonchev–Trinajstić information content (AvgIpc) is 2.81. The number of methoxy groups -OCH3 is 1. The van der Waals surface area contributed by atoms with Gasteiger partial charge in [-0.1, -0.05) is 12.1 Å². The van der Waals surface area contributed by atoms with Crippen molar-refractivity contribution in [1.29, 1.82) is 0 Å². The first kappa shape index (κ1) is 23.8. The Morgan fingerprint density at radius 2 is 1.94 bits per heavy atom. The number of fused-ring (bicyclic) bond motifs is 1. The van der Waals surface area contributed by atoms with Crippen molar-refractivity contribution in [3.05, 3.63) is 59.3 Å². The van der Waals surface area contributed by atoms with Crippen LogP contribution in [-0.4, -0.2) is 41.1 Å². The van der Waals surface area contributed by atoms with Crippen LogP contribution >= 0.6 is 0 Å². The Bertz CT molecular complexity index is 1310. The van der Waals surface area contributed by atoms with E-state index in [0.29, 0.717) is 18.3 Å². The first-order valence-corrected chi connectivity index (χ1v) is 10.3. The summed E-state index contributed by atoms with van der Waals surface area (Å²) in [6, 6.07) is 8.76. The summed E-state index contributed by atoms with van der Waals surface area (Å²) in [5.41, 5.74) is 0.103. The van der Waals surface area contributed by atoms with Crippen LogP contribution in [0.2, 0.25) is 0 Å². The van der Waals surface area contributed by atoms with E-state index in [9.17, 15) is 22.8 Å². The van der Waals surface area contributed by atoms with Crippen molar-refractivity contribution in [2.75, 3.05) is 24.4 Å². The Morgan fingerprint density at radius 1 is 1.17 bits per heavy atom. The molecule has 0 saturated carbocycles. The number of aromatic nitrogens is 2. The van der Waals surface area contributed by atoms with Gasteiger partial charge in [0.25, 0.3) is 0 Å². The minimum atomic E-state index is -4.81. The third-order valence-corrected chi connectivity index (χ3v) is 5.36. The zero-order chi connectivity index (χ0) is 25.3. The van der Waals surface area contributed by atoms with Gasteiger partial charge in [0.2, 0.25) is 17.7 Å². The van der Waals surface area contributed by atoms with Crippen molar-refractivity contribution < 1.29 is 37.3 Å². The highest BCUT2D eigenvalue weighted by Crippen LogP contribution is 2.42. The van der Waals surface area contributed by atoms with Gasteiger partial charge in [0.1, 0.15) is 11.3 Å². The summed E-state index contributed by atoms with van der Waals surface area (Å²) in [6.45, 7) is 0. The van der Waals surface area contributed by atoms with Crippen molar-refractivity contribution in [3.8, 4) is 17.4 Å². The number of nitrogens with one attached hydrogen (secondary N) is 1. The number of alkyl halides is 3. The monoisotopic (exact) mass is 488 g/mol. The molecule has 0 atom stereocenters. The largest absolute Gasteiger partial charge is 0.495 e. The number of nitrogens with zero attached hydrogens (tertiary/aromatic N) is 3. The zero-order valence-corrected chi connectivity index (χ0v) is 18.5. The van der Waals surface area contributed by atoms with Gasteiger partial charge in [-0.2, -0.15) is 18.2 Å². The third kappa shape index (κ3) is 4.81. The molecule has 2 N–H and O–H groups in total. The summed E-state index contributed by atoms with van der Waals surface area (Å²) in [5.74, 6) is -2.22. The van der Waals surface area contributed by atoms with Gasteiger partial charge in [0.05, 0.1) is 24.0 Å². The predicted molar refractivity (Wildman–Crippen MR) is 119 cm³/mol. The molecule has 0 spiro atoms. The first-order chi connectivity index (χ1) is 16.6. The van der Waals surface area contributed by atoms with Crippen LogP contribution in [0.15, 0.2) is 42.6 Å². The molecule has 0 fully saturated rings. The van der Waals surface area contributed by atoms with E-state index in [1.54, 1.807) is 12.1 Å². The number of carboxylic acids is 1. The molecule has 0 bridgehead atoms. The van der Waals surface area contributed by atoms with E-state index in [4.69, 9.17) is 14.6 Å². The smallest absolute Gasteiger partial charge is 0.423 e. The standard InChI is InChI=1S/C23H19F3N4O5/c1-30-18(31)9-7-12-4-3-5-16(19(12)30)35-20-14(23(24,25)26)11-27-22(29-20)28-15-8-6-13(21(32)33)10-17(15)34-2/h3-6,8,10-11H,7,9H2,1-2H3,(H,32,33)(H,27,28,29). The average molecular weight is 488 g/mol. The van der Waals surface area contributed by atoms with Gasteiger partial charge >= 0.3 is 12.1 Å². The van der Waals surface area contributed by atoms with Crippen molar-refractivity contribution in [1.82, 2.24) is 9.97 Å². The maximum absolute atomic E-state index is 13.7. The number of hydrogen-bond acceptors (Lipinski definition) is 7. The lowest BCUT2D eigenvalue weighted by Gasteiger charge is -2.27. The van der Waals surface area contributed by atoms with Gasteiger partial charge < -0.3 is 24.8 Å². The summed E-state index contributed by atoms with van der Waals surface area (Å²) in [6.07, 6.45) is -3.52. The maximum Gasteiger partial charge on any atom is 0.423 e. The van der Waals surface area contributed by atoms with Crippen molar-refractivity contribution >= 4 is 29.2 Å².